The SMILES string of the molecule is Nc1ncnc2c1ncn2CC1(/C=C/O[PH](=O)O/C=C/C2(Cn3cnc4c(N)ncnc43)CC2)CC1. The van der Waals surface area contributed by atoms with Crippen molar-refractivity contribution in [2.75, 3.05) is 11.5 Å². The van der Waals surface area contributed by atoms with E-state index >= 15 is 0 Å². The molecule has 0 saturated heterocycles. The molecule has 14 heteroatoms. The number of nitrogen functional groups attached to an aromatic ring is 2. The van der Waals surface area contributed by atoms with E-state index in [1.165, 1.54) is 25.2 Å². The van der Waals surface area contributed by atoms with Crippen LogP contribution in [0.2, 0.25) is 0 Å². The number of rotatable bonds is 10. The molecule has 0 aromatic carbocycles. The van der Waals surface area contributed by atoms with Crippen LogP contribution >= 0.6 is 8.25 Å². The van der Waals surface area contributed by atoms with Crippen LogP contribution in [-0.4, -0.2) is 39.0 Å². The van der Waals surface area contributed by atoms with Crippen LogP contribution in [0.5, 0.6) is 0 Å². The Morgan fingerprint density at radius 1 is 0.778 bits per heavy atom. The molecule has 4 aromatic heterocycles. The van der Waals surface area contributed by atoms with Crippen molar-refractivity contribution < 1.29 is 13.6 Å². The van der Waals surface area contributed by atoms with Crippen molar-refractivity contribution in [3.8, 4) is 0 Å². The smallest absolute Gasteiger partial charge is 0.417 e. The van der Waals surface area contributed by atoms with E-state index in [0.717, 1.165) is 25.7 Å². The number of anilines is 2. The van der Waals surface area contributed by atoms with Gasteiger partial charge in [-0.1, -0.05) is 0 Å². The first kappa shape index (κ1) is 22.5. The first-order valence-corrected chi connectivity index (χ1v) is 12.7. The first-order valence-electron chi connectivity index (χ1n) is 11.5. The van der Waals surface area contributed by atoms with E-state index in [1.54, 1.807) is 12.7 Å². The second-order valence-electron chi connectivity index (χ2n) is 9.42. The predicted octanol–water partition coefficient (Wildman–Crippen LogP) is 2.84. The van der Waals surface area contributed by atoms with Crippen molar-refractivity contribution in [1.29, 1.82) is 0 Å². The fourth-order valence-corrected chi connectivity index (χ4v) is 4.69. The highest BCUT2D eigenvalue weighted by Gasteiger charge is 2.42. The molecule has 4 aromatic rings. The van der Waals surface area contributed by atoms with E-state index in [2.05, 4.69) is 29.9 Å². The molecule has 0 aliphatic heterocycles. The van der Waals surface area contributed by atoms with E-state index in [4.69, 9.17) is 20.5 Å². The van der Waals surface area contributed by atoms with Gasteiger partial charge in [0.2, 0.25) is 0 Å². The lowest BCUT2D eigenvalue weighted by molar-refractivity contribution is 0.349. The monoisotopic (exact) mass is 508 g/mol. The van der Waals surface area contributed by atoms with Crippen LogP contribution in [0.4, 0.5) is 11.6 Å². The minimum Gasteiger partial charge on any atom is -0.426 e. The summed E-state index contributed by atoms with van der Waals surface area (Å²) in [5.41, 5.74) is 14.1. The summed E-state index contributed by atoms with van der Waals surface area (Å²) < 4.78 is 26.8. The minimum absolute atomic E-state index is 0.0933. The van der Waals surface area contributed by atoms with Crippen molar-refractivity contribution in [3.63, 3.8) is 0 Å². The summed E-state index contributed by atoms with van der Waals surface area (Å²) in [6.07, 6.45) is 17.0. The third-order valence-corrected chi connectivity index (χ3v) is 7.44. The van der Waals surface area contributed by atoms with Gasteiger partial charge in [0, 0.05) is 23.9 Å². The maximum Gasteiger partial charge on any atom is 0.417 e. The molecule has 13 nitrogen and oxygen atoms in total. The third kappa shape index (κ3) is 4.37. The number of nitrogens with two attached hydrogens (primary N) is 2. The molecule has 0 radical (unpaired) electrons. The zero-order valence-electron chi connectivity index (χ0n) is 19.3. The number of hydrogen-bond acceptors (Lipinski definition) is 11. The fraction of sp³-hybridized carbons (Fsp3) is 0.364. The van der Waals surface area contributed by atoms with E-state index in [9.17, 15) is 4.57 Å². The van der Waals surface area contributed by atoms with Crippen molar-refractivity contribution in [2.45, 2.75) is 38.8 Å². The van der Waals surface area contributed by atoms with E-state index in [-0.39, 0.29) is 10.8 Å². The van der Waals surface area contributed by atoms with Gasteiger partial charge in [-0.2, -0.15) is 0 Å². The van der Waals surface area contributed by atoms with Gasteiger partial charge in [-0.25, -0.2) is 34.5 Å². The van der Waals surface area contributed by atoms with Gasteiger partial charge in [0.1, 0.15) is 23.7 Å². The topological polar surface area (TPSA) is 175 Å². The molecule has 2 saturated carbocycles. The molecule has 2 fully saturated rings. The predicted molar refractivity (Wildman–Crippen MR) is 132 cm³/mol. The molecule has 0 unspecified atom stereocenters. The number of nitrogens with zero attached hydrogens (tertiary/aromatic N) is 8. The van der Waals surface area contributed by atoms with E-state index in [0.29, 0.717) is 47.1 Å². The highest BCUT2D eigenvalue weighted by atomic mass is 31.1. The standard InChI is InChI=1S/C22H25N10O3P/c23-17-15-19(27-11-25-17)31(13-29-15)9-21(1-2-21)5-7-34-36(33)35-8-6-22(3-4-22)10-32-14-30-16-18(24)26-12-28-20(16)32/h5-8,11-14,36H,1-4,9-10H2,(H2,23,25,27)(H2,24,26,28)/b7-5+,8-6+. The summed E-state index contributed by atoms with van der Waals surface area (Å²) in [6, 6.07) is 0. The van der Waals surface area contributed by atoms with Gasteiger partial charge in [-0.3, -0.25) is 0 Å². The lowest BCUT2D eigenvalue weighted by Crippen LogP contribution is -2.09. The van der Waals surface area contributed by atoms with Crippen molar-refractivity contribution in [1.82, 2.24) is 39.0 Å². The van der Waals surface area contributed by atoms with Gasteiger partial charge in [0.05, 0.1) is 25.2 Å². The Hall–Kier alpha value is -3.99. The number of fused-ring (bicyclic) bond motifs is 2. The summed E-state index contributed by atoms with van der Waals surface area (Å²) in [4.78, 5) is 25.1. The largest absolute Gasteiger partial charge is 0.426 e. The zero-order valence-corrected chi connectivity index (χ0v) is 20.3. The molecule has 2 aliphatic carbocycles. The molecule has 36 heavy (non-hydrogen) atoms. The van der Waals surface area contributed by atoms with Crippen LogP contribution in [0, 0.1) is 10.8 Å². The molecular weight excluding hydrogens is 483 g/mol. The highest BCUT2D eigenvalue weighted by Crippen LogP contribution is 2.50. The van der Waals surface area contributed by atoms with Crippen LogP contribution in [0.1, 0.15) is 25.7 Å². The van der Waals surface area contributed by atoms with Gasteiger partial charge in [0.15, 0.2) is 22.9 Å². The Morgan fingerprint density at radius 2 is 1.22 bits per heavy atom. The summed E-state index contributed by atoms with van der Waals surface area (Å²) >= 11 is 0. The van der Waals surface area contributed by atoms with E-state index in [1.807, 2.05) is 21.3 Å². The maximum atomic E-state index is 12.3. The van der Waals surface area contributed by atoms with Crippen LogP contribution in [-0.2, 0) is 26.7 Å². The lowest BCUT2D eigenvalue weighted by Gasteiger charge is -2.12. The van der Waals surface area contributed by atoms with Gasteiger partial charge in [-0.15, -0.1) is 0 Å². The minimum atomic E-state index is -2.72. The Balaban J connectivity index is 1.02. The van der Waals surface area contributed by atoms with Gasteiger partial charge in [0.25, 0.3) is 0 Å². The van der Waals surface area contributed by atoms with Crippen LogP contribution in [0.25, 0.3) is 22.3 Å². The molecular formula is C22H25N10O3P. The third-order valence-electron chi connectivity index (χ3n) is 6.79. The second kappa shape index (κ2) is 8.59. The Kier molecular flexibility index (Phi) is 5.36. The quantitative estimate of drug-likeness (QED) is 0.238. The Morgan fingerprint density at radius 3 is 1.64 bits per heavy atom. The molecule has 0 bridgehead atoms. The van der Waals surface area contributed by atoms with Gasteiger partial charge >= 0.3 is 8.25 Å². The molecule has 2 aliphatic rings. The van der Waals surface area contributed by atoms with Gasteiger partial charge in [-0.05, 0) is 37.8 Å². The summed E-state index contributed by atoms with van der Waals surface area (Å²) in [5.74, 6) is 0.715. The summed E-state index contributed by atoms with van der Waals surface area (Å²) in [5, 5.41) is 0. The highest BCUT2D eigenvalue weighted by molar-refractivity contribution is 7.33. The average molecular weight is 508 g/mol. The molecule has 6 rings (SSSR count). The normalized spacial score (nSPS) is 18.0. The summed E-state index contributed by atoms with van der Waals surface area (Å²) in [6.45, 7) is 1.34. The van der Waals surface area contributed by atoms with Crippen molar-refractivity contribution in [3.05, 3.63) is 50.0 Å². The zero-order chi connectivity index (χ0) is 24.8. The Bertz CT molecular complexity index is 1410. The van der Waals surface area contributed by atoms with Crippen LogP contribution in [0.3, 0.4) is 0 Å². The summed E-state index contributed by atoms with van der Waals surface area (Å²) in [7, 11) is -2.72. The number of allylic oxidation sites excluding steroid dienone is 2. The number of hydrogen-bond donors (Lipinski definition) is 2. The number of aromatic nitrogens is 8. The molecule has 4 N–H and O–H groups in total. The maximum absolute atomic E-state index is 12.3. The lowest BCUT2D eigenvalue weighted by atomic mass is 10.1. The molecule has 4 heterocycles. The van der Waals surface area contributed by atoms with Crippen molar-refractivity contribution in [2.24, 2.45) is 10.8 Å². The average Bonchev–Trinajstić information content (AvgIpc) is 3.71. The van der Waals surface area contributed by atoms with Gasteiger partial charge < -0.3 is 29.6 Å². The first-order chi connectivity index (χ1) is 17.5. The van der Waals surface area contributed by atoms with Crippen LogP contribution < -0.4 is 11.5 Å². The molecule has 186 valence electrons. The number of imidazole rings is 2. The van der Waals surface area contributed by atoms with Crippen molar-refractivity contribution >= 4 is 42.2 Å². The molecule has 0 atom stereocenters. The van der Waals surface area contributed by atoms with Crippen LogP contribution in [0.15, 0.2) is 50.0 Å². The Labute approximate surface area is 206 Å². The second-order valence-corrected chi connectivity index (χ2v) is 10.4. The molecule has 0 amide bonds. The van der Waals surface area contributed by atoms with E-state index < -0.39 is 8.25 Å². The molecule has 0 spiro atoms. The fourth-order valence-electron chi connectivity index (χ4n) is 4.28.